The first kappa shape index (κ1) is 26.2. The second-order valence-electron chi connectivity index (χ2n) is 13.0. The van der Waals surface area contributed by atoms with E-state index in [0.717, 1.165) is 19.3 Å². The average molecular weight is 457 g/mol. The number of carbonyl (C=O) groups is 2. The fraction of sp³-hybridized carbons (Fsp3) is 0.800. The number of aliphatic carboxylic acids is 1. The van der Waals surface area contributed by atoms with Crippen LogP contribution in [-0.4, -0.2) is 16.9 Å². The Kier molecular flexibility index (Phi) is 7.43. The van der Waals surface area contributed by atoms with Crippen LogP contribution < -0.4 is 0 Å². The van der Waals surface area contributed by atoms with Crippen molar-refractivity contribution in [3.8, 4) is 0 Å². The Morgan fingerprint density at radius 1 is 1.12 bits per heavy atom. The zero-order chi connectivity index (χ0) is 24.8. The third kappa shape index (κ3) is 4.50. The van der Waals surface area contributed by atoms with E-state index < -0.39 is 5.97 Å². The molecule has 33 heavy (non-hydrogen) atoms. The Morgan fingerprint density at radius 2 is 1.79 bits per heavy atom. The lowest BCUT2D eigenvalue weighted by molar-refractivity contribution is -0.138. The van der Waals surface area contributed by atoms with Gasteiger partial charge in [0.05, 0.1) is 0 Å². The van der Waals surface area contributed by atoms with E-state index in [0.29, 0.717) is 48.2 Å². The summed E-state index contributed by atoms with van der Waals surface area (Å²) in [4.78, 5) is 24.2. The summed E-state index contributed by atoms with van der Waals surface area (Å²) in [5, 5.41) is 9.48. The van der Waals surface area contributed by atoms with Gasteiger partial charge < -0.3 is 5.11 Å². The van der Waals surface area contributed by atoms with Crippen LogP contribution in [0.25, 0.3) is 0 Å². The molecule has 0 bridgehead atoms. The molecule has 0 saturated heterocycles. The van der Waals surface area contributed by atoms with Gasteiger partial charge in [-0.3, -0.25) is 9.59 Å². The molecular weight excluding hydrogens is 408 g/mol. The molecule has 0 aromatic heterocycles. The van der Waals surface area contributed by atoms with Gasteiger partial charge in [-0.05, 0) is 91.3 Å². The van der Waals surface area contributed by atoms with E-state index in [1.807, 2.05) is 0 Å². The van der Waals surface area contributed by atoms with Crippen molar-refractivity contribution in [3.63, 3.8) is 0 Å². The smallest absolute Gasteiger partial charge is 0.303 e. The highest BCUT2D eigenvalue weighted by atomic mass is 16.4. The van der Waals surface area contributed by atoms with Crippen molar-refractivity contribution in [2.24, 2.45) is 45.8 Å². The third-order valence-electron chi connectivity index (χ3n) is 10.5. The summed E-state index contributed by atoms with van der Waals surface area (Å²) in [6.45, 7) is 20.4. The van der Waals surface area contributed by atoms with Crippen molar-refractivity contribution in [2.45, 2.75) is 106 Å². The predicted octanol–water partition coefficient (Wildman–Crippen LogP) is 7.85. The molecule has 1 N–H and O–H groups in total. The van der Waals surface area contributed by atoms with E-state index >= 15 is 0 Å². The fourth-order valence-electron chi connectivity index (χ4n) is 8.63. The molecule has 3 nitrogen and oxygen atoms in total. The molecule has 7 atom stereocenters. The van der Waals surface area contributed by atoms with Gasteiger partial charge >= 0.3 is 5.97 Å². The monoisotopic (exact) mass is 456 g/mol. The van der Waals surface area contributed by atoms with Crippen molar-refractivity contribution in [2.75, 3.05) is 0 Å². The van der Waals surface area contributed by atoms with E-state index in [1.165, 1.54) is 24.8 Å². The molecule has 2 saturated carbocycles. The zero-order valence-electron chi connectivity index (χ0n) is 22.3. The average Bonchev–Trinajstić information content (AvgIpc) is 2.97. The van der Waals surface area contributed by atoms with Crippen LogP contribution in [0.2, 0.25) is 0 Å². The number of hydrogen-bond acceptors (Lipinski definition) is 2. The second-order valence-corrected chi connectivity index (χ2v) is 13.0. The third-order valence-corrected chi connectivity index (χ3v) is 10.5. The second kappa shape index (κ2) is 9.34. The number of carbonyl (C=O) groups excluding carboxylic acids is 1. The van der Waals surface area contributed by atoms with Gasteiger partial charge in [0.15, 0.2) is 0 Å². The zero-order valence-corrected chi connectivity index (χ0v) is 22.3. The number of rotatable bonds is 9. The van der Waals surface area contributed by atoms with E-state index in [2.05, 4.69) is 61.1 Å². The van der Waals surface area contributed by atoms with E-state index in [-0.39, 0.29) is 22.7 Å². The highest BCUT2D eigenvalue weighted by Gasteiger charge is 2.63. The van der Waals surface area contributed by atoms with Crippen LogP contribution in [0.5, 0.6) is 0 Å². The maximum Gasteiger partial charge on any atom is 0.303 e. The Balaban J connectivity index is 1.90. The minimum atomic E-state index is -0.694. The number of fused-ring (bicyclic) bond motifs is 3. The highest BCUT2D eigenvalue weighted by molar-refractivity contribution is 5.78. The molecule has 0 radical (unpaired) electrons. The molecule has 3 aliphatic carbocycles. The van der Waals surface area contributed by atoms with Gasteiger partial charge in [-0.1, -0.05) is 65.3 Å². The molecule has 7 unspecified atom stereocenters. The lowest BCUT2D eigenvalue weighted by Gasteiger charge is -2.60. The van der Waals surface area contributed by atoms with Crippen molar-refractivity contribution >= 4 is 11.8 Å². The van der Waals surface area contributed by atoms with E-state index in [9.17, 15) is 14.7 Å². The van der Waals surface area contributed by atoms with E-state index in [1.54, 1.807) is 5.57 Å². The summed E-state index contributed by atoms with van der Waals surface area (Å²) < 4.78 is 0. The number of allylic oxidation sites excluding steroid dienone is 3. The molecule has 3 heteroatoms. The fourth-order valence-corrected chi connectivity index (χ4v) is 8.63. The van der Waals surface area contributed by atoms with Gasteiger partial charge in [-0.15, -0.1) is 0 Å². The van der Waals surface area contributed by atoms with Crippen LogP contribution in [0.3, 0.4) is 0 Å². The summed E-state index contributed by atoms with van der Waals surface area (Å²) in [7, 11) is 0. The van der Waals surface area contributed by atoms with Gasteiger partial charge in [0.2, 0.25) is 0 Å². The summed E-state index contributed by atoms with van der Waals surface area (Å²) in [5.74, 6) is 1.94. The number of ketones is 1. The SMILES string of the molecule is C=C(C)C1CC=C2C(CCC3(C)C(C(C)CC(=O)CC(C)C)CCC23C)C1(C)CCC(=O)O. The first-order valence-electron chi connectivity index (χ1n) is 13.4. The number of carboxylic acids is 1. The predicted molar refractivity (Wildman–Crippen MR) is 136 cm³/mol. The summed E-state index contributed by atoms with van der Waals surface area (Å²) in [6, 6.07) is 0. The summed E-state index contributed by atoms with van der Waals surface area (Å²) >= 11 is 0. The molecule has 0 heterocycles. The molecule has 0 aromatic carbocycles. The molecule has 2 fully saturated rings. The largest absolute Gasteiger partial charge is 0.481 e. The molecule has 0 amide bonds. The number of hydrogen-bond donors (Lipinski definition) is 1. The summed E-state index contributed by atoms with van der Waals surface area (Å²) in [6.07, 6.45) is 10.6. The Labute approximate surface area is 202 Å². The Morgan fingerprint density at radius 3 is 2.36 bits per heavy atom. The topological polar surface area (TPSA) is 54.4 Å². The Hall–Kier alpha value is -1.38. The van der Waals surface area contributed by atoms with E-state index in [4.69, 9.17) is 0 Å². The molecule has 3 rings (SSSR count). The quantitative estimate of drug-likeness (QED) is 0.359. The lowest BCUT2D eigenvalue weighted by atomic mass is 9.44. The van der Waals surface area contributed by atoms with Gasteiger partial charge in [-0.25, -0.2) is 0 Å². The maximum atomic E-state index is 12.6. The van der Waals surface area contributed by atoms with Crippen LogP contribution in [-0.2, 0) is 9.59 Å². The van der Waals surface area contributed by atoms with Crippen molar-refractivity contribution in [1.82, 2.24) is 0 Å². The maximum absolute atomic E-state index is 12.6. The van der Waals surface area contributed by atoms with Gasteiger partial charge in [-0.2, -0.15) is 0 Å². The first-order chi connectivity index (χ1) is 15.3. The van der Waals surface area contributed by atoms with Gasteiger partial charge in [0.25, 0.3) is 0 Å². The minimum absolute atomic E-state index is 0.0461. The summed E-state index contributed by atoms with van der Waals surface area (Å²) in [5.41, 5.74) is 3.09. The van der Waals surface area contributed by atoms with Gasteiger partial charge in [0, 0.05) is 19.3 Å². The molecular formula is C30H48O3. The minimum Gasteiger partial charge on any atom is -0.481 e. The highest BCUT2D eigenvalue weighted by Crippen LogP contribution is 2.71. The molecule has 0 spiro atoms. The normalized spacial score (nSPS) is 38.9. The van der Waals surface area contributed by atoms with Gasteiger partial charge in [0.1, 0.15) is 5.78 Å². The Bertz CT molecular complexity index is 822. The van der Waals surface area contributed by atoms with Crippen LogP contribution in [0.4, 0.5) is 0 Å². The first-order valence-corrected chi connectivity index (χ1v) is 13.4. The number of Topliss-reactive ketones (excluding diaryl/α,β-unsaturated/α-hetero) is 1. The van der Waals surface area contributed by atoms with Crippen molar-refractivity contribution in [1.29, 1.82) is 0 Å². The van der Waals surface area contributed by atoms with Crippen LogP contribution in [0.15, 0.2) is 23.8 Å². The lowest BCUT2D eigenvalue weighted by Crippen LogP contribution is -2.52. The molecule has 3 aliphatic rings. The van der Waals surface area contributed by atoms with Crippen LogP contribution in [0.1, 0.15) is 106 Å². The number of carboxylic acid groups (broad SMARTS) is 1. The van der Waals surface area contributed by atoms with Crippen molar-refractivity contribution < 1.29 is 14.7 Å². The molecule has 186 valence electrons. The van der Waals surface area contributed by atoms with Crippen LogP contribution >= 0.6 is 0 Å². The molecule has 0 aromatic rings. The molecule has 0 aliphatic heterocycles. The standard InChI is InChI=1S/C30H48O3/c1-19(2)17-22(31)18-21(5)24-11-15-30(8)26-10-9-23(20(3)4)28(6,14-13-27(32)33)25(26)12-16-29(24,30)7/h10,19,21,23-25H,3,9,11-18H2,1-2,4-8H3,(H,32,33). The van der Waals surface area contributed by atoms with Crippen molar-refractivity contribution in [3.05, 3.63) is 23.8 Å². The van der Waals surface area contributed by atoms with Crippen LogP contribution in [0, 0.1) is 45.8 Å².